The third kappa shape index (κ3) is 2.56. The number of aryl methyl sites for hydroxylation is 1. The maximum absolute atomic E-state index is 11.1. The maximum atomic E-state index is 11.1. The summed E-state index contributed by atoms with van der Waals surface area (Å²) >= 11 is 0. The maximum Gasteiger partial charge on any atom is 0.312 e. The van der Waals surface area contributed by atoms with E-state index >= 15 is 0 Å². The van der Waals surface area contributed by atoms with Crippen LogP contribution in [0.5, 0.6) is 5.75 Å². The average Bonchev–Trinajstić information content (AvgIpc) is 2.96. The van der Waals surface area contributed by atoms with Crippen LogP contribution in [0.25, 0.3) is 0 Å². The van der Waals surface area contributed by atoms with Gasteiger partial charge in [0.15, 0.2) is 5.75 Å². The van der Waals surface area contributed by atoms with Gasteiger partial charge in [0.05, 0.1) is 24.3 Å². The Labute approximate surface area is 121 Å². The van der Waals surface area contributed by atoms with Gasteiger partial charge in [-0.15, -0.1) is 0 Å². The highest BCUT2D eigenvalue weighted by atomic mass is 16.6. The molecule has 0 radical (unpaired) electrons. The lowest BCUT2D eigenvalue weighted by atomic mass is 9.93. The number of anilines is 1. The topological polar surface area (TPSA) is 77.5 Å². The van der Waals surface area contributed by atoms with Gasteiger partial charge in [0.2, 0.25) is 0 Å². The fraction of sp³-hybridized carbons (Fsp3) is 0.333. The molecule has 3 rings (SSSR count). The zero-order valence-corrected chi connectivity index (χ0v) is 11.7. The van der Waals surface area contributed by atoms with E-state index in [4.69, 9.17) is 9.15 Å². The quantitative estimate of drug-likeness (QED) is 0.685. The van der Waals surface area contributed by atoms with Crippen molar-refractivity contribution in [2.24, 2.45) is 0 Å². The predicted molar refractivity (Wildman–Crippen MR) is 77.7 cm³/mol. The monoisotopic (exact) mass is 288 g/mol. The van der Waals surface area contributed by atoms with Crippen LogP contribution in [-0.4, -0.2) is 12.0 Å². The number of benzene rings is 1. The minimum Gasteiger partial charge on any atom is -0.490 e. The van der Waals surface area contributed by atoms with Gasteiger partial charge in [0.1, 0.15) is 5.76 Å². The van der Waals surface area contributed by atoms with Gasteiger partial charge in [-0.1, -0.05) is 0 Å². The van der Waals surface area contributed by atoms with E-state index < -0.39 is 4.92 Å². The van der Waals surface area contributed by atoms with Gasteiger partial charge >= 0.3 is 5.69 Å². The van der Waals surface area contributed by atoms with E-state index in [1.807, 2.05) is 6.07 Å². The first-order valence-electron chi connectivity index (χ1n) is 6.84. The fourth-order valence-electron chi connectivity index (χ4n) is 2.76. The number of fused-ring (bicyclic) bond motifs is 1. The molecule has 0 saturated carbocycles. The van der Waals surface area contributed by atoms with Crippen LogP contribution >= 0.6 is 0 Å². The smallest absolute Gasteiger partial charge is 0.312 e. The summed E-state index contributed by atoms with van der Waals surface area (Å²) in [5.41, 5.74) is 1.81. The minimum absolute atomic E-state index is 0.0364. The lowest BCUT2D eigenvalue weighted by molar-refractivity contribution is -0.385. The lowest BCUT2D eigenvalue weighted by Crippen LogP contribution is -2.16. The largest absolute Gasteiger partial charge is 0.490 e. The van der Waals surface area contributed by atoms with Crippen molar-refractivity contribution in [2.75, 3.05) is 12.4 Å². The van der Waals surface area contributed by atoms with E-state index in [-0.39, 0.29) is 17.5 Å². The Bertz CT molecular complexity index is 665. The van der Waals surface area contributed by atoms with Crippen molar-refractivity contribution in [3.8, 4) is 5.75 Å². The van der Waals surface area contributed by atoms with Crippen molar-refractivity contribution in [3.05, 3.63) is 52.0 Å². The van der Waals surface area contributed by atoms with Gasteiger partial charge in [-0.2, -0.15) is 0 Å². The second kappa shape index (κ2) is 5.47. The van der Waals surface area contributed by atoms with Crippen LogP contribution in [0.2, 0.25) is 0 Å². The SMILES string of the molecule is COc1ccc(NC2CCCc3occc32)cc1[N+](=O)[O-]. The Morgan fingerprint density at radius 2 is 2.29 bits per heavy atom. The third-order valence-corrected chi connectivity index (χ3v) is 3.77. The van der Waals surface area contributed by atoms with Gasteiger partial charge in [-0.3, -0.25) is 10.1 Å². The third-order valence-electron chi connectivity index (χ3n) is 3.77. The van der Waals surface area contributed by atoms with Gasteiger partial charge in [0.25, 0.3) is 0 Å². The molecule has 1 unspecified atom stereocenters. The molecule has 21 heavy (non-hydrogen) atoms. The van der Waals surface area contributed by atoms with E-state index in [0.717, 1.165) is 30.6 Å². The van der Waals surface area contributed by atoms with Crippen molar-refractivity contribution < 1.29 is 14.1 Å². The van der Waals surface area contributed by atoms with Gasteiger partial charge < -0.3 is 14.5 Å². The highest BCUT2D eigenvalue weighted by molar-refractivity contribution is 5.59. The van der Waals surface area contributed by atoms with E-state index in [2.05, 4.69) is 5.32 Å². The zero-order valence-electron chi connectivity index (χ0n) is 11.7. The molecular weight excluding hydrogens is 272 g/mol. The Hall–Kier alpha value is -2.50. The van der Waals surface area contributed by atoms with Crippen LogP contribution in [0, 0.1) is 10.1 Å². The van der Waals surface area contributed by atoms with Crippen LogP contribution in [-0.2, 0) is 6.42 Å². The first-order valence-corrected chi connectivity index (χ1v) is 6.84. The number of hydrogen-bond donors (Lipinski definition) is 1. The van der Waals surface area contributed by atoms with Crippen LogP contribution in [0.1, 0.15) is 30.2 Å². The minimum atomic E-state index is -0.436. The van der Waals surface area contributed by atoms with Gasteiger partial charge in [0, 0.05) is 23.7 Å². The number of nitrogens with one attached hydrogen (secondary N) is 1. The lowest BCUT2D eigenvalue weighted by Gasteiger charge is -2.23. The molecule has 1 aromatic carbocycles. The Morgan fingerprint density at radius 1 is 1.43 bits per heavy atom. The molecule has 0 amide bonds. The molecule has 1 aliphatic carbocycles. The molecule has 1 aromatic heterocycles. The number of methoxy groups -OCH3 is 1. The Kier molecular flexibility index (Phi) is 3.51. The molecule has 110 valence electrons. The first-order chi connectivity index (χ1) is 10.2. The van der Waals surface area contributed by atoms with E-state index in [0.29, 0.717) is 5.69 Å². The molecule has 6 heteroatoms. The second-order valence-corrected chi connectivity index (χ2v) is 5.03. The molecule has 1 atom stereocenters. The van der Waals surface area contributed by atoms with E-state index in [1.165, 1.54) is 13.2 Å². The van der Waals surface area contributed by atoms with Crippen molar-refractivity contribution in [1.29, 1.82) is 0 Å². The van der Waals surface area contributed by atoms with Crippen molar-refractivity contribution in [3.63, 3.8) is 0 Å². The summed E-state index contributed by atoms with van der Waals surface area (Å²) < 4.78 is 10.5. The van der Waals surface area contributed by atoms with Crippen LogP contribution < -0.4 is 10.1 Å². The van der Waals surface area contributed by atoms with Crippen molar-refractivity contribution in [2.45, 2.75) is 25.3 Å². The average molecular weight is 288 g/mol. The summed E-state index contributed by atoms with van der Waals surface area (Å²) in [5.74, 6) is 1.26. The number of nitro groups is 1. The molecule has 0 fully saturated rings. The molecule has 0 saturated heterocycles. The summed E-state index contributed by atoms with van der Waals surface area (Å²) in [6, 6.07) is 7.00. The van der Waals surface area contributed by atoms with Crippen molar-refractivity contribution in [1.82, 2.24) is 0 Å². The molecule has 1 aliphatic rings. The van der Waals surface area contributed by atoms with E-state index in [1.54, 1.807) is 18.4 Å². The normalized spacial score (nSPS) is 17.1. The number of nitrogens with zero attached hydrogens (tertiary/aromatic N) is 1. The molecular formula is C15H16N2O4. The number of hydrogen-bond acceptors (Lipinski definition) is 5. The van der Waals surface area contributed by atoms with E-state index in [9.17, 15) is 10.1 Å². The number of rotatable bonds is 4. The molecule has 6 nitrogen and oxygen atoms in total. The highest BCUT2D eigenvalue weighted by Crippen LogP contribution is 2.35. The highest BCUT2D eigenvalue weighted by Gasteiger charge is 2.23. The molecule has 1 heterocycles. The molecule has 1 N–H and O–H groups in total. The number of nitro benzene ring substituents is 1. The number of ether oxygens (including phenoxy) is 1. The summed E-state index contributed by atoms with van der Waals surface area (Å²) in [6.45, 7) is 0. The second-order valence-electron chi connectivity index (χ2n) is 5.03. The first kappa shape index (κ1) is 13.5. The van der Waals surface area contributed by atoms with Crippen LogP contribution in [0.4, 0.5) is 11.4 Å². The van der Waals surface area contributed by atoms with Gasteiger partial charge in [-0.25, -0.2) is 0 Å². The Balaban J connectivity index is 1.86. The summed E-state index contributed by atoms with van der Waals surface area (Å²) in [6.07, 6.45) is 4.66. The molecule has 0 spiro atoms. The summed E-state index contributed by atoms with van der Waals surface area (Å²) in [4.78, 5) is 10.6. The van der Waals surface area contributed by atoms with Crippen LogP contribution in [0.3, 0.4) is 0 Å². The standard InChI is InChI=1S/C15H16N2O4/c1-20-15-6-5-10(9-13(15)17(18)19)16-12-3-2-4-14-11(12)7-8-21-14/h5-9,12,16H,2-4H2,1H3. The summed E-state index contributed by atoms with van der Waals surface area (Å²) in [5, 5.41) is 14.4. The van der Waals surface area contributed by atoms with Gasteiger partial charge in [-0.05, 0) is 31.0 Å². The zero-order chi connectivity index (χ0) is 14.8. The molecule has 2 aromatic rings. The molecule has 0 aliphatic heterocycles. The summed E-state index contributed by atoms with van der Waals surface area (Å²) in [7, 11) is 1.42. The Morgan fingerprint density at radius 3 is 3.05 bits per heavy atom. The van der Waals surface area contributed by atoms with Crippen molar-refractivity contribution >= 4 is 11.4 Å². The number of furan rings is 1. The van der Waals surface area contributed by atoms with Crippen LogP contribution in [0.15, 0.2) is 34.9 Å². The molecule has 0 bridgehead atoms. The fourth-order valence-corrected chi connectivity index (χ4v) is 2.76. The predicted octanol–water partition coefficient (Wildman–Crippen LogP) is 3.69.